The van der Waals surface area contributed by atoms with E-state index in [1.165, 1.54) is 17.2 Å². The number of halogens is 5. The number of ether oxygens (including phenoxy) is 1. The lowest BCUT2D eigenvalue weighted by atomic mass is 9.93. The molecule has 0 amide bonds. The smallest absolute Gasteiger partial charge is 0.179 e. The van der Waals surface area contributed by atoms with Crippen molar-refractivity contribution in [1.82, 2.24) is 24.8 Å². The standard InChI is InChI=1S/C14H10Cl4.C13H18ClNO.C10H13N5O4/c15-10-7-5-9(6-8-10)13(14(17)18)11-3-1-2-4-12(11)16;1-9(15-13(2,3)4)12(16)10-6-5-7-11(14)8-10;11-8-5-9(13-2-12-8)15(3-14-5)10-7(18)6(17)4(1-16)19-10/h1-8,13-14H;5-9,15H,1-4H3;2-4,6-7,10,16-18H,1H2,(H2,11,12,13)/t;;4-,6-,7-,10-/m..1/s1. The average molecular weight is 827 g/mol. The van der Waals surface area contributed by atoms with Crippen molar-refractivity contribution in [3.05, 3.63) is 117 Å². The molecule has 53 heavy (non-hydrogen) atoms. The number of Topliss-reactive ketones (excluding diaryl/α,β-unsaturated/α-hetero) is 1. The fourth-order valence-electron chi connectivity index (χ4n) is 5.63. The molecule has 0 bridgehead atoms. The molecule has 6 rings (SSSR count). The van der Waals surface area contributed by atoms with Crippen LogP contribution in [0.2, 0.25) is 15.1 Å². The molecule has 0 spiro atoms. The number of rotatable bonds is 8. The van der Waals surface area contributed by atoms with E-state index in [1.807, 2.05) is 76.2 Å². The number of nitrogens with one attached hydrogen (secondary N) is 1. The van der Waals surface area contributed by atoms with E-state index in [2.05, 4.69) is 20.3 Å². The second kappa shape index (κ2) is 19.0. The quantitative estimate of drug-likeness (QED) is 0.0794. The molecule has 1 aliphatic heterocycles. The van der Waals surface area contributed by atoms with Crippen LogP contribution in [0.4, 0.5) is 5.82 Å². The summed E-state index contributed by atoms with van der Waals surface area (Å²) in [5.74, 6) is 0.118. The molecule has 6 atom stereocenters. The first-order valence-corrected chi connectivity index (χ1v) is 18.4. The number of fused-ring (bicyclic) bond motifs is 1. The molecular formula is C37H41Cl5N6O5. The van der Waals surface area contributed by atoms with Gasteiger partial charge in [-0.15, -0.1) is 23.2 Å². The largest absolute Gasteiger partial charge is 0.394 e. The third kappa shape index (κ3) is 11.2. The summed E-state index contributed by atoms with van der Waals surface area (Å²) in [5.41, 5.74) is 8.92. The van der Waals surface area contributed by atoms with Crippen molar-refractivity contribution >= 4 is 80.8 Å². The van der Waals surface area contributed by atoms with E-state index in [0.717, 1.165) is 11.1 Å². The maximum Gasteiger partial charge on any atom is 0.179 e. The number of ketones is 1. The Kier molecular flexibility index (Phi) is 15.3. The van der Waals surface area contributed by atoms with E-state index in [-0.39, 0.29) is 29.1 Å². The van der Waals surface area contributed by atoms with Gasteiger partial charge in [0.1, 0.15) is 35.0 Å². The summed E-state index contributed by atoms with van der Waals surface area (Å²) in [6.45, 7) is 7.59. The van der Waals surface area contributed by atoms with Crippen LogP contribution in [0.5, 0.6) is 0 Å². The first-order valence-electron chi connectivity index (χ1n) is 16.4. The molecule has 1 fully saturated rings. The number of aromatic nitrogens is 4. The maximum atomic E-state index is 12.1. The molecule has 0 radical (unpaired) electrons. The maximum absolute atomic E-state index is 12.1. The molecule has 5 aromatic rings. The molecule has 6 N–H and O–H groups in total. The van der Waals surface area contributed by atoms with E-state index in [1.54, 1.807) is 24.3 Å². The number of carbonyl (C=O) groups is 1. The second-order valence-corrected chi connectivity index (χ2v) is 15.6. The third-order valence-corrected chi connectivity index (χ3v) is 9.39. The van der Waals surface area contributed by atoms with Crippen molar-refractivity contribution in [3.8, 4) is 0 Å². The molecule has 3 aromatic carbocycles. The number of nitrogen functional groups attached to an aromatic ring is 1. The predicted octanol–water partition coefficient (Wildman–Crippen LogP) is 7.25. The average Bonchev–Trinajstić information content (AvgIpc) is 3.66. The Morgan fingerprint density at radius 2 is 1.62 bits per heavy atom. The molecule has 1 aliphatic rings. The number of benzene rings is 3. The zero-order valence-corrected chi connectivity index (χ0v) is 33.0. The molecule has 11 nitrogen and oxygen atoms in total. The van der Waals surface area contributed by atoms with E-state index < -0.39 is 36.0 Å². The van der Waals surface area contributed by atoms with Crippen LogP contribution >= 0.6 is 58.0 Å². The summed E-state index contributed by atoms with van der Waals surface area (Å²) in [4.78, 5) is 23.4. The number of aliphatic hydroxyl groups is 3. The Hall–Kier alpha value is -3.07. The van der Waals surface area contributed by atoms with Crippen LogP contribution in [0.25, 0.3) is 11.2 Å². The van der Waals surface area contributed by atoms with E-state index in [0.29, 0.717) is 31.8 Å². The van der Waals surface area contributed by atoms with Gasteiger partial charge in [0.25, 0.3) is 0 Å². The fraction of sp³-hybridized carbons (Fsp3) is 0.351. The normalized spacial score (nSPS) is 19.6. The zero-order valence-electron chi connectivity index (χ0n) is 29.2. The Balaban J connectivity index is 0.000000178. The summed E-state index contributed by atoms with van der Waals surface area (Å²) in [6.07, 6.45) is -1.42. The number of nitrogens with zero attached hydrogens (tertiary/aromatic N) is 4. The van der Waals surface area contributed by atoms with Crippen molar-refractivity contribution in [3.63, 3.8) is 0 Å². The molecule has 0 aliphatic carbocycles. The summed E-state index contributed by atoms with van der Waals surface area (Å²) >= 11 is 30.1. The Morgan fingerprint density at radius 1 is 0.943 bits per heavy atom. The number of hydrogen-bond donors (Lipinski definition) is 5. The highest BCUT2D eigenvalue weighted by Gasteiger charge is 2.44. The van der Waals surface area contributed by atoms with Crippen LogP contribution in [-0.2, 0) is 4.74 Å². The van der Waals surface area contributed by atoms with Gasteiger partial charge in [-0.1, -0.05) is 77.3 Å². The van der Waals surface area contributed by atoms with E-state index >= 15 is 0 Å². The van der Waals surface area contributed by atoms with Gasteiger partial charge in [0.15, 0.2) is 23.5 Å². The summed E-state index contributed by atoms with van der Waals surface area (Å²) in [6, 6.07) is 21.8. The van der Waals surface area contributed by atoms with Gasteiger partial charge >= 0.3 is 0 Å². The molecule has 0 saturated carbocycles. The van der Waals surface area contributed by atoms with Crippen molar-refractivity contribution < 1.29 is 24.9 Å². The monoisotopic (exact) mass is 824 g/mol. The minimum Gasteiger partial charge on any atom is -0.394 e. The van der Waals surface area contributed by atoms with Gasteiger partial charge in [0, 0.05) is 32.1 Å². The molecule has 284 valence electrons. The third-order valence-electron chi connectivity index (χ3n) is 8.05. The molecular weight excluding hydrogens is 786 g/mol. The minimum atomic E-state index is -1.19. The summed E-state index contributed by atoms with van der Waals surface area (Å²) in [7, 11) is 0. The first kappa shape index (κ1) is 42.7. The number of aliphatic hydroxyl groups excluding tert-OH is 3. The Morgan fingerprint density at radius 3 is 2.21 bits per heavy atom. The van der Waals surface area contributed by atoms with E-state index in [9.17, 15) is 15.0 Å². The number of hydrogen-bond acceptors (Lipinski definition) is 10. The van der Waals surface area contributed by atoms with Crippen molar-refractivity contribution in [2.45, 2.75) is 74.6 Å². The number of nitrogens with two attached hydrogens (primary N) is 1. The summed E-state index contributed by atoms with van der Waals surface area (Å²) < 4.78 is 6.85. The van der Waals surface area contributed by atoms with Crippen LogP contribution in [0.15, 0.2) is 85.5 Å². The topological polar surface area (TPSA) is 169 Å². The van der Waals surface area contributed by atoms with Crippen molar-refractivity contribution in [2.75, 3.05) is 12.3 Å². The predicted molar refractivity (Wildman–Crippen MR) is 211 cm³/mol. The number of imidazole rings is 1. The Bertz CT molecular complexity index is 1960. The lowest BCUT2D eigenvalue weighted by molar-refractivity contribution is -0.0511. The van der Waals surface area contributed by atoms with Crippen LogP contribution in [0.1, 0.15) is 61.3 Å². The summed E-state index contributed by atoms with van der Waals surface area (Å²) in [5, 5.41) is 33.9. The molecule has 2 aromatic heterocycles. The van der Waals surface area contributed by atoms with Crippen LogP contribution in [-0.4, -0.2) is 82.0 Å². The van der Waals surface area contributed by atoms with Gasteiger partial charge in [-0.25, -0.2) is 15.0 Å². The van der Waals surface area contributed by atoms with Crippen molar-refractivity contribution in [2.24, 2.45) is 0 Å². The van der Waals surface area contributed by atoms with Crippen molar-refractivity contribution in [1.29, 1.82) is 0 Å². The number of anilines is 1. The lowest BCUT2D eigenvalue weighted by Gasteiger charge is -2.25. The SMILES string of the molecule is CC(NC(C)(C)C)C(=O)c1cccc(Cl)c1.Clc1ccc(C(c2ccccc2Cl)C(Cl)Cl)cc1.Nc1ncnc2c1ncn2[C@@H]1O[C@H](CO)[C@@H](O)[C@H]1O. The molecule has 3 heterocycles. The fourth-order valence-corrected chi connectivity index (χ4v) is 6.76. The second-order valence-electron chi connectivity index (χ2n) is 13.2. The van der Waals surface area contributed by atoms with Gasteiger partial charge < -0.3 is 31.1 Å². The van der Waals surface area contributed by atoms with Gasteiger partial charge in [0.05, 0.1) is 19.0 Å². The van der Waals surface area contributed by atoms with Gasteiger partial charge in [-0.2, -0.15) is 0 Å². The first-order chi connectivity index (χ1) is 25.0. The number of carbonyl (C=O) groups excluding carboxylic acids is 1. The molecule has 1 saturated heterocycles. The van der Waals surface area contributed by atoms with Crippen LogP contribution in [0.3, 0.4) is 0 Å². The van der Waals surface area contributed by atoms with Gasteiger partial charge in [-0.05, 0) is 69.2 Å². The van der Waals surface area contributed by atoms with Gasteiger partial charge in [-0.3, -0.25) is 9.36 Å². The minimum absolute atomic E-state index is 0.0671. The number of alkyl halides is 2. The molecule has 16 heteroatoms. The Labute approximate surface area is 333 Å². The van der Waals surface area contributed by atoms with Crippen LogP contribution < -0.4 is 11.1 Å². The highest BCUT2D eigenvalue weighted by Crippen LogP contribution is 2.37. The highest BCUT2D eigenvalue weighted by molar-refractivity contribution is 6.45. The molecule has 2 unspecified atom stereocenters. The van der Waals surface area contributed by atoms with Crippen LogP contribution in [0, 0.1) is 0 Å². The lowest BCUT2D eigenvalue weighted by Crippen LogP contribution is -2.46. The zero-order chi connectivity index (χ0) is 39.0. The van der Waals surface area contributed by atoms with Gasteiger partial charge in [0.2, 0.25) is 0 Å². The van der Waals surface area contributed by atoms with E-state index in [4.69, 9.17) is 73.6 Å². The highest BCUT2D eigenvalue weighted by atomic mass is 35.5.